The van der Waals surface area contributed by atoms with E-state index in [2.05, 4.69) is 46.7 Å². The molecule has 0 atom stereocenters. The van der Waals surface area contributed by atoms with Crippen LogP contribution in [0, 0.1) is 5.41 Å². The predicted molar refractivity (Wildman–Crippen MR) is 148 cm³/mol. The van der Waals surface area contributed by atoms with Gasteiger partial charge in [-0.25, -0.2) is 0 Å². The minimum absolute atomic E-state index is 0.406. The standard InChI is InChI=1S/C22H43NO.C8H18N/c1-2-3-4-5-6-7-8-9-10-11-12-13-14-15-16-17-18-19-20-21-22(23)24;1-5-7-9(3,4)8-6-2/h9-10H,2-8,11-21H2,1H3,(H2,23,24);5H,1,6-8H2,2-4H3/q;+1/p-1/b10-9-;. The number of allylic oxidation sites excluding steroid dienone is 2. The normalized spacial score (nSPS) is 11.4. The highest BCUT2D eigenvalue weighted by Crippen LogP contribution is 2.12. The van der Waals surface area contributed by atoms with Gasteiger partial charge < -0.3 is 15.0 Å². The summed E-state index contributed by atoms with van der Waals surface area (Å²) in [5.74, 6) is -0.406. The number of nitrogens with zero attached hydrogens (tertiary/aromatic N) is 1. The highest BCUT2D eigenvalue weighted by molar-refractivity contribution is 5.67. The first-order valence-corrected chi connectivity index (χ1v) is 14.2. The summed E-state index contributed by atoms with van der Waals surface area (Å²) in [5, 5.41) is 17.3. The fourth-order valence-electron chi connectivity index (χ4n) is 4.11. The van der Waals surface area contributed by atoms with Gasteiger partial charge in [0.2, 0.25) is 0 Å². The van der Waals surface area contributed by atoms with E-state index >= 15 is 0 Å². The molecule has 0 saturated carbocycles. The molecule has 3 heteroatoms. The van der Waals surface area contributed by atoms with Gasteiger partial charge in [0.15, 0.2) is 0 Å². The summed E-state index contributed by atoms with van der Waals surface area (Å²) in [6.45, 7) is 10.5. The zero-order valence-electron chi connectivity index (χ0n) is 23.1. The SMILES string of the molecule is C=CC[N+](C)(C)CCC.CCCCCCCC/C=C\CCCCCCCCCCCC(=N)[O-]. The summed E-state index contributed by atoms with van der Waals surface area (Å²) in [5.41, 5.74) is 0. The van der Waals surface area contributed by atoms with Gasteiger partial charge in [0.25, 0.3) is 0 Å². The first-order chi connectivity index (χ1) is 15.9. The van der Waals surface area contributed by atoms with Crippen LogP contribution in [0.3, 0.4) is 0 Å². The molecule has 0 aliphatic carbocycles. The number of hydrogen-bond donors (Lipinski definition) is 1. The second-order valence-corrected chi connectivity index (χ2v) is 10.3. The molecule has 0 amide bonds. The van der Waals surface area contributed by atoms with Gasteiger partial charge in [0, 0.05) is 0 Å². The lowest BCUT2D eigenvalue weighted by Crippen LogP contribution is -2.39. The lowest BCUT2D eigenvalue weighted by molar-refractivity contribution is -0.884. The molecule has 0 heterocycles. The van der Waals surface area contributed by atoms with E-state index < -0.39 is 5.90 Å². The predicted octanol–water partition coefficient (Wildman–Crippen LogP) is 8.58. The zero-order valence-corrected chi connectivity index (χ0v) is 23.1. The Morgan fingerprint density at radius 1 is 0.697 bits per heavy atom. The molecule has 0 unspecified atom stereocenters. The molecular weight excluding hydrogens is 404 g/mol. The van der Waals surface area contributed by atoms with Gasteiger partial charge >= 0.3 is 0 Å². The Morgan fingerprint density at radius 2 is 1.12 bits per heavy atom. The van der Waals surface area contributed by atoms with Gasteiger partial charge in [-0.2, -0.15) is 0 Å². The van der Waals surface area contributed by atoms with Crippen LogP contribution in [-0.4, -0.2) is 37.6 Å². The first kappa shape index (κ1) is 34.1. The Hall–Kier alpha value is -1.09. The van der Waals surface area contributed by atoms with Crippen molar-refractivity contribution in [3.8, 4) is 0 Å². The molecule has 1 N–H and O–H groups in total. The first-order valence-electron chi connectivity index (χ1n) is 14.2. The number of quaternary nitrogens is 1. The quantitative estimate of drug-likeness (QED) is 0.0531. The largest absolute Gasteiger partial charge is 0.862 e. The van der Waals surface area contributed by atoms with Crippen molar-refractivity contribution in [2.24, 2.45) is 0 Å². The van der Waals surface area contributed by atoms with E-state index in [1.807, 2.05) is 6.08 Å². The van der Waals surface area contributed by atoms with Crippen molar-refractivity contribution in [1.29, 1.82) is 5.41 Å². The third-order valence-electron chi connectivity index (χ3n) is 6.12. The van der Waals surface area contributed by atoms with Crippen LogP contribution in [0.4, 0.5) is 0 Å². The van der Waals surface area contributed by atoms with E-state index in [1.165, 1.54) is 109 Å². The molecule has 0 aliphatic rings. The van der Waals surface area contributed by atoms with E-state index in [-0.39, 0.29) is 0 Å². The highest BCUT2D eigenvalue weighted by Gasteiger charge is 2.08. The highest BCUT2D eigenvalue weighted by atomic mass is 16.3. The third kappa shape index (κ3) is 33.2. The number of hydrogen-bond acceptors (Lipinski definition) is 2. The van der Waals surface area contributed by atoms with Crippen molar-refractivity contribution in [1.82, 2.24) is 0 Å². The molecule has 33 heavy (non-hydrogen) atoms. The molecule has 0 aromatic heterocycles. The van der Waals surface area contributed by atoms with Crippen LogP contribution < -0.4 is 5.11 Å². The summed E-state index contributed by atoms with van der Waals surface area (Å²) in [7, 11) is 4.45. The molecule has 0 bridgehead atoms. The van der Waals surface area contributed by atoms with Crippen molar-refractivity contribution in [3.63, 3.8) is 0 Å². The molecule has 0 spiro atoms. The number of unbranched alkanes of at least 4 members (excludes halogenated alkanes) is 15. The van der Waals surface area contributed by atoms with E-state index in [9.17, 15) is 5.11 Å². The maximum absolute atomic E-state index is 10.5. The van der Waals surface area contributed by atoms with Crippen molar-refractivity contribution in [2.75, 3.05) is 27.2 Å². The van der Waals surface area contributed by atoms with Crippen molar-refractivity contribution in [2.45, 2.75) is 136 Å². The fraction of sp³-hybridized carbons (Fsp3) is 0.833. The van der Waals surface area contributed by atoms with Crippen molar-refractivity contribution >= 4 is 5.90 Å². The Bertz CT molecular complexity index is 443. The second-order valence-electron chi connectivity index (χ2n) is 10.3. The molecule has 0 fully saturated rings. The van der Waals surface area contributed by atoms with Gasteiger partial charge in [0.05, 0.1) is 27.2 Å². The average molecular weight is 465 g/mol. The lowest BCUT2D eigenvalue weighted by atomic mass is 10.1. The zero-order chi connectivity index (χ0) is 25.0. The average Bonchev–Trinajstić information content (AvgIpc) is 2.75. The lowest BCUT2D eigenvalue weighted by Gasteiger charge is -2.27. The Morgan fingerprint density at radius 3 is 1.52 bits per heavy atom. The molecule has 0 rings (SSSR count). The summed E-state index contributed by atoms with van der Waals surface area (Å²) >= 11 is 0. The number of likely N-dealkylation sites (N-methyl/N-ethyl adjacent to an activating group) is 1. The minimum atomic E-state index is -0.406. The molecule has 0 saturated heterocycles. The number of nitrogens with one attached hydrogen (secondary N) is 1. The van der Waals surface area contributed by atoms with Crippen LogP contribution in [0.15, 0.2) is 24.8 Å². The molecule has 196 valence electrons. The number of rotatable bonds is 23. The van der Waals surface area contributed by atoms with Gasteiger partial charge in [-0.1, -0.05) is 110 Å². The fourth-order valence-corrected chi connectivity index (χ4v) is 4.11. The summed E-state index contributed by atoms with van der Waals surface area (Å²) in [6.07, 6.45) is 30.7. The molecule has 0 aliphatic heterocycles. The van der Waals surface area contributed by atoms with Crippen molar-refractivity contribution < 1.29 is 9.59 Å². The van der Waals surface area contributed by atoms with Crippen LogP contribution in [0.25, 0.3) is 0 Å². The van der Waals surface area contributed by atoms with Crippen molar-refractivity contribution in [3.05, 3.63) is 24.8 Å². The smallest absolute Gasteiger partial charge is 0.0966 e. The Labute approximate surface area is 208 Å². The Balaban J connectivity index is 0. The Kier molecular flexibility index (Phi) is 28.0. The summed E-state index contributed by atoms with van der Waals surface area (Å²) in [4.78, 5) is 0. The maximum Gasteiger partial charge on any atom is 0.0966 e. The van der Waals surface area contributed by atoms with E-state index in [1.54, 1.807) is 0 Å². The molecule has 3 nitrogen and oxygen atoms in total. The van der Waals surface area contributed by atoms with Crippen LogP contribution in [0.1, 0.15) is 136 Å². The van der Waals surface area contributed by atoms with Gasteiger partial charge in [-0.05, 0) is 56.9 Å². The topological polar surface area (TPSA) is 46.9 Å². The second kappa shape index (κ2) is 27.2. The minimum Gasteiger partial charge on any atom is -0.862 e. The van der Waals surface area contributed by atoms with E-state index in [4.69, 9.17) is 5.41 Å². The van der Waals surface area contributed by atoms with Crippen LogP contribution >= 0.6 is 0 Å². The van der Waals surface area contributed by atoms with Crippen LogP contribution in [0.2, 0.25) is 0 Å². The third-order valence-corrected chi connectivity index (χ3v) is 6.12. The van der Waals surface area contributed by atoms with Crippen LogP contribution in [-0.2, 0) is 0 Å². The molecule has 0 radical (unpaired) electrons. The van der Waals surface area contributed by atoms with E-state index in [0.29, 0.717) is 6.42 Å². The van der Waals surface area contributed by atoms with E-state index in [0.717, 1.165) is 23.9 Å². The van der Waals surface area contributed by atoms with Crippen LogP contribution in [0.5, 0.6) is 0 Å². The maximum atomic E-state index is 10.5. The van der Waals surface area contributed by atoms with Gasteiger partial charge in [0.1, 0.15) is 0 Å². The molecule has 0 aromatic carbocycles. The van der Waals surface area contributed by atoms with Gasteiger partial charge in [-0.3, -0.25) is 0 Å². The summed E-state index contributed by atoms with van der Waals surface area (Å²) in [6, 6.07) is 0. The molecular formula is C30H60N2O. The van der Waals surface area contributed by atoms with Gasteiger partial charge in [-0.15, -0.1) is 0 Å². The molecule has 0 aromatic rings. The summed E-state index contributed by atoms with van der Waals surface area (Å²) < 4.78 is 1.07. The monoisotopic (exact) mass is 464 g/mol.